The Morgan fingerprint density at radius 2 is 2.07 bits per heavy atom. The van der Waals surface area contributed by atoms with Crippen molar-refractivity contribution in [2.24, 2.45) is 5.73 Å². The van der Waals surface area contributed by atoms with E-state index in [4.69, 9.17) is 41.2 Å². The van der Waals surface area contributed by atoms with Gasteiger partial charge in [0.15, 0.2) is 0 Å². The van der Waals surface area contributed by atoms with Crippen LogP contribution in [0.15, 0.2) is 24.5 Å². The summed E-state index contributed by atoms with van der Waals surface area (Å²) in [4.78, 5) is 4.29. The molecule has 2 aromatic rings. The Morgan fingerprint density at radius 3 is 2.73 bits per heavy atom. The lowest BCUT2D eigenvalue weighted by molar-refractivity contribution is 1.36. The summed E-state index contributed by atoms with van der Waals surface area (Å²) in [5.41, 5.74) is 6.30. The fourth-order valence-corrected chi connectivity index (χ4v) is 2.00. The van der Waals surface area contributed by atoms with E-state index in [1.165, 1.54) is 0 Å². The quantitative estimate of drug-likeness (QED) is 0.797. The number of pyridine rings is 1. The zero-order valence-electron chi connectivity index (χ0n) is 7.50. The summed E-state index contributed by atoms with van der Waals surface area (Å²) < 4.78 is 0. The molecular formula is C10H6Cl2N2S. The number of benzene rings is 1. The zero-order chi connectivity index (χ0) is 11.0. The molecule has 0 spiro atoms. The highest BCUT2D eigenvalue weighted by Crippen LogP contribution is 2.32. The van der Waals surface area contributed by atoms with Gasteiger partial charge in [0, 0.05) is 28.7 Å². The number of nitrogens with two attached hydrogens (primary N) is 1. The lowest BCUT2D eigenvalue weighted by Crippen LogP contribution is -2.10. The highest BCUT2D eigenvalue weighted by Gasteiger charge is 2.10. The van der Waals surface area contributed by atoms with Crippen LogP contribution in [0, 0.1) is 0 Å². The first kappa shape index (κ1) is 10.6. The first-order chi connectivity index (χ1) is 7.11. The molecule has 15 heavy (non-hydrogen) atoms. The van der Waals surface area contributed by atoms with Gasteiger partial charge in [0.2, 0.25) is 0 Å². The summed E-state index contributed by atoms with van der Waals surface area (Å²) >= 11 is 17.0. The highest BCUT2D eigenvalue weighted by atomic mass is 35.5. The van der Waals surface area contributed by atoms with Crippen LogP contribution in [0.25, 0.3) is 10.8 Å². The number of hydrogen-bond acceptors (Lipinski definition) is 2. The van der Waals surface area contributed by atoms with Crippen molar-refractivity contribution >= 4 is 51.2 Å². The van der Waals surface area contributed by atoms with Crippen molar-refractivity contribution < 1.29 is 0 Å². The number of halogens is 2. The molecule has 0 aliphatic carbocycles. The molecule has 76 valence electrons. The average Bonchev–Trinajstić information content (AvgIpc) is 2.23. The van der Waals surface area contributed by atoms with Crippen LogP contribution in [0.4, 0.5) is 0 Å². The van der Waals surface area contributed by atoms with Crippen LogP contribution in [0.3, 0.4) is 0 Å². The van der Waals surface area contributed by atoms with Crippen molar-refractivity contribution in [2.75, 3.05) is 0 Å². The maximum absolute atomic E-state index is 6.06. The van der Waals surface area contributed by atoms with Gasteiger partial charge in [-0.15, -0.1) is 0 Å². The Hall–Kier alpha value is -0.900. The summed E-state index contributed by atoms with van der Waals surface area (Å²) in [6.45, 7) is 0. The first-order valence-electron chi connectivity index (χ1n) is 4.13. The monoisotopic (exact) mass is 256 g/mol. The first-order valence-corrected chi connectivity index (χ1v) is 5.29. The van der Waals surface area contributed by atoms with Gasteiger partial charge in [-0.1, -0.05) is 35.4 Å². The number of aromatic nitrogens is 1. The average molecular weight is 257 g/mol. The van der Waals surface area contributed by atoms with Crippen LogP contribution in [0.5, 0.6) is 0 Å². The number of thiocarbonyl (C=S) groups is 1. The molecule has 0 saturated carbocycles. The van der Waals surface area contributed by atoms with Crippen molar-refractivity contribution in [3.63, 3.8) is 0 Å². The minimum atomic E-state index is 0.284. The fourth-order valence-electron chi connectivity index (χ4n) is 1.40. The Bertz CT molecular complexity index is 554. The minimum absolute atomic E-state index is 0.284. The second-order valence-electron chi connectivity index (χ2n) is 3.01. The van der Waals surface area contributed by atoms with E-state index in [0.29, 0.717) is 15.6 Å². The van der Waals surface area contributed by atoms with Crippen LogP contribution in [0.1, 0.15) is 5.56 Å². The second-order valence-corrected chi connectivity index (χ2v) is 4.23. The van der Waals surface area contributed by atoms with E-state index in [9.17, 15) is 0 Å². The molecule has 2 rings (SSSR count). The molecule has 0 radical (unpaired) electrons. The van der Waals surface area contributed by atoms with Crippen LogP contribution < -0.4 is 5.73 Å². The van der Waals surface area contributed by atoms with Gasteiger partial charge in [-0.3, -0.25) is 4.98 Å². The Labute approximate surface area is 102 Å². The largest absolute Gasteiger partial charge is 0.389 e. The number of nitrogens with zero attached hydrogens (tertiary/aromatic N) is 1. The molecule has 0 aliphatic heterocycles. The summed E-state index contributed by atoms with van der Waals surface area (Å²) in [6.07, 6.45) is 3.32. The molecule has 1 heterocycles. The Morgan fingerprint density at radius 1 is 1.33 bits per heavy atom. The molecule has 0 amide bonds. The van der Waals surface area contributed by atoms with Gasteiger partial charge in [-0.25, -0.2) is 0 Å². The van der Waals surface area contributed by atoms with Gasteiger partial charge in [0.05, 0.1) is 10.0 Å². The van der Waals surface area contributed by atoms with E-state index in [1.807, 2.05) is 0 Å². The minimum Gasteiger partial charge on any atom is -0.389 e. The van der Waals surface area contributed by atoms with Gasteiger partial charge in [-0.05, 0) is 12.1 Å². The van der Waals surface area contributed by atoms with Gasteiger partial charge >= 0.3 is 0 Å². The van der Waals surface area contributed by atoms with Crippen molar-refractivity contribution in [3.05, 3.63) is 40.1 Å². The van der Waals surface area contributed by atoms with Gasteiger partial charge in [-0.2, -0.15) is 0 Å². The van der Waals surface area contributed by atoms with Gasteiger partial charge in [0.1, 0.15) is 4.99 Å². The lowest BCUT2D eigenvalue weighted by Gasteiger charge is -2.07. The summed E-state index contributed by atoms with van der Waals surface area (Å²) in [6, 6.07) is 3.45. The standard InChI is InChI=1S/C10H6Cl2N2S/c11-8-3-6(10(13)15)7-4-14-2-1-5(7)9(8)12/h1-4H,(H2,13,15). The topological polar surface area (TPSA) is 38.9 Å². The van der Waals surface area contributed by atoms with Crippen LogP contribution in [-0.2, 0) is 0 Å². The van der Waals surface area contributed by atoms with E-state index < -0.39 is 0 Å². The van der Waals surface area contributed by atoms with Gasteiger partial charge < -0.3 is 5.73 Å². The van der Waals surface area contributed by atoms with Crippen molar-refractivity contribution in [2.45, 2.75) is 0 Å². The molecule has 0 fully saturated rings. The van der Waals surface area contributed by atoms with Crippen molar-refractivity contribution in [3.8, 4) is 0 Å². The number of hydrogen-bond donors (Lipinski definition) is 1. The molecule has 2 N–H and O–H groups in total. The lowest BCUT2D eigenvalue weighted by atomic mass is 10.1. The number of fused-ring (bicyclic) bond motifs is 1. The fraction of sp³-hybridized carbons (Fsp3) is 0. The third kappa shape index (κ3) is 1.78. The molecule has 0 unspecified atom stereocenters. The summed E-state index contributed by atoms with van der Waals surface area (Å²) in [5, 5.41) is 2.56. The normalized spacial score (nSPS) is 10.5. The smallest absolute Gasteiger partial charge is 0.104 e. The van der Waals surface area contributed by atoms with E-state index in [2.05, 4.69) is 4.98 Å². The van der Waals surface area contributed by atoms with Crippen LogP contribution >= 0.6 is 35.4 Å². The predicted molar refractivity (Wildman–Crippen MR) is 67.7 cm³/mol. The van der Waals surface area contributed by atoms with E-state index >= 15 is 0 Å². The molecule has 2 nitrogen and oxygen atoms in total. The van der Waals surface area contributed by atoms with E-state index in [1.54, 1.807) is 24.5 Å². The molecular weight excluding hydrogens is 251 g/mol. The SMILES string of the molecule is NC(=S)c1cc(Cl)c(Cl)c2ccncc12. The maximum atomic E-state index is 6.06. The van der Waals surface area contributed by atoms with Crippen molar-refractivity contribution in [1.82, 2.24) is 4.98 Å². The molecule has 1 aromatic heterocycles. The molecule has 1 aromatic carbocycles. The Kier molecular flexibility index (Phi) is 2.78. The molecule has 0 atom stereocenters. The zero-order valence-corrected chi connectivity index (χ0v) is 9.83. The third-order valence-corrected chi connectivity index (χ3v) is 3.12. The third-order valence-electron chi connectivity index (χ3n) is 2.09. The Balaban J connectivity index is 2.94. The number of rotatable bonds is 1. The maximum Gasteiger partial charge on any atom is 0.104 e. The second kappa shape index (κ2) is 3.93. The molecule has 0 aliphatic rings. The van der Waals surface area contributed by atoms with Gasteiger partial charge in [0.25, 0.3) is 0 Å². The highest BCUT2D eigenvalue weighted by molar-refractivity contribution is 7.80. The predicted octanol–water partition coefficient (Wildman–Crippen LogP) is 3.18. The van der Waals surface area contributed by atoms with Crippen LogP contribution in [-0.4, -0.2) is 9.97 Å². The summed E-state index contributed by atoms with van der Waals surface area (Å²) in [5.74, 6) is 0. The molecule has 0 saturated heterocycles. The van der Waals surface area contributed by atoms with Crippen LogP contribution in [0.2, 0.25) is 10.0 Å². The van der Waals surface area contributed by atoms with E-state index in [0.717, 1.165) is 10.8 Å². The molecule has 5 heteroatoms. The molecule has 0 bridgehead atoms. The van der Waals surface area contributed by atoms with Crippen molar-refractivity contribution in [1.29, 1.82) is 0 Å². The van der Waals surface area contributed by atoms with E-state index in [-0.39, 0.29) is 4.99 Å². The summed E-state index contributed by atoms with van der Waals surface area (Å²) in [7, 11) is 0.